The van der Waals surface area contributed by atoms with Crippen molar-refractivity contribution in [2.75, 3.05) is 6.54 Å². The van der Waals surface area contributed by atoms with Gasteiger partial charge in [0.15, 0.2) is 0 Å². The molecule has 3 aromatic carbocycles. The average Bonchev–Trinajstić information content (AvgIpc) is 3.13. The number of ether oxygens (including phenoxy) is 1. The fourth-order valence-corrected chi connectivity index (χ4v) is 3.76. The lowest BCUT2D eigenvalue weighted by atomic mass is 10.1. The van der Waals surface area contributed by atoms with Gasteiger partial charge in [0.1, 0.15) is 17.5 Å². The molecule has 0 saturated carbocycles. The zero-order valence-corrected chi connectivity index (χ0v) is 18.5. The predicted octanol–water partition coefficient (Wildman–Crippen LogP) is 5.39. The maximum atomic E-state index is 12.7. The molecule has 0 aliphatic carbocycles. The summed E-state index contributed by atoms with van der Waals surface area (Å²) >= 11 is 6.47. The second-order valence-electron chi connectivity index (χ2n) is 7.42. The molecule has 0 radical (unpaired) electrons. The summed E-state index contributed by atoms with van der Waals surface area (Å²) < 4.78 is 7.40. The Morgan fingerprint density at radius 3 is 2.28 bits per heavy atom. The van der Waals surface area contributed by atoms with E-state index in [0.717, 1.165) is 22.6 Å². The van der Waals surface area contributed by atoms with E-state index in [1.807, 2.05) is 84.9 Å². The third kappa shape index (κ3) is 5.18. The first-order valence-corrected chi connectivity index (χ1v) is 10.8. The summed E-state index contributed by atoms with van der Waals surface area (Å²) in [4.78, 5) is 12.7. The summed E-state index contributed by atoms with van der Waals surface area (Å²) in [6.07, 6.45) is 0.703. The lowest BCUT2D eigenvalue weighted by Gasteiger charge is -2.08. The zero-order valence-electron chi connectivity index (χ0n) is 17.8. The first-order chi connectivity index (χ1) is 15.6. The van der Waals surface area contributed by atoms with Crippen molar-refractivity contribution in [1.29, 1.82) is 0 Å². The number of benzene rings is 3. The van der Waals surface area contributed by atoms with Crippen LogP contribution in [0.15, 0.2) is 84.9 Å². The number of aromatic nitrogens is 2. The largest absolute Gasteiger partial charge is 0.489 e. The minimum atomic E-state index is -0.225. The van der Waals surface area contributed by atoms with Crippen molar-refractivity contribution in [3.8, 4) is 11.4 Å². The van der Waals surface area contributed by atoms with E-state index < -0.39 is 0 Å². The Morgan fingerprint density at radius 2 is 1.59 bits per heavy atom. The Morgan fingerprint density at radius 1 is 0.938 bits per heavy atom. The van der Waals surface area contributed by atoms with Crippen molar-refractivity contribution in [3.05, 3.63) is 112 Å². The second-order valence-corrected chi connectivity index (χ2v) is 7.78. The summed E-state index contributed by atoms with van der Waals surface area (Å²) in [5.41, 5.74) is 4.05. The van der Waals surface area contributed by atoms with Gasteiger partial charge in [0.2, 0.25) is 0 Å². The molecule has 0 unspecified atom stereocenters. The highest BCUT2D eigenvalue weighted by molar-refractivity contribution is 6.33. The van der Waals surface area contributed by atoms with Crippen LogP contribution in [0.25, 0.3) is 5.69 Å². The lowest BCUT2D eigenvalue weighted by molar-refractivity contribution is 0.0953. The average molecular weight is 446 g/mol. The molecular formula is C26H24ClN3O2. The number of carbonyl (C=O) groups excluding carboxylic acids is 1. The van der Waals surface area contributed by atoms with Crippen LogP contribution in [0.3, 0.4) is 0 Å². The van der Waals surface area contributed by atoms with Crippen molar-refractivity contribution < 1.29 is 9.53 Å². The van der Waals surface area contributed by atoms with Crippen LogP contribution in [0.5, 0.6) is 5.75 Å². The standard InChI is InChI=1S/C26H24ClN3O2/c1-19-24(25(27)30(29-19)22-10-6-3-7-11-22)26(31)28-17-16-20-12-14-23(15-13-20)32-18-21-8-4-2-5-9-21/h2-15H,16-18H2,1H3,(H,28,31). The number of hydrogen-bond donors (Lipinski definition) is 1. The summed E-state index contributed by atoms with van der Waals surface area (Å²) in [5.74, 6) is 0.592. The van der Waals surface area contributed by atoms with Crippen LogP contribution in [0.2, 0.25) is 5.15 Å². The van der Waals surface area contributed by atoms with Crippen LogP contribution in [0.4, 0.5) is 0 Å². The monoisotopic (exact) mass is 445 g/mol. The van der Waals surface area contributed by atoms with E-state index in [4.69, 9.17) is 16.3 Å². The fraction of sp³-hybridized carbons (Fsp3) is 0.154. The third-order valence-corrected chi connectivity index (χ3v) is 5.45. The molecule has 0 atom stereocenters. The van der Waals surface area contributed by atoms with Crippen molar-refractivity contribution in [2.24, 2.45) is 0 Å². The van der Waals surface area contributed by atoms with Gasteiger partial charge in [-0.1, -0.05) is 72.3 Å². The smallest absolute Gasteiger partial charge is 0.256 e. The highest BCUT2D eigenvalue weighted by Gasteiger charge is 2.20. The van der Waals surface area contributed by atoms with Crippen LogP contribution in [-0.2, 0) is 13.0 Å². The second kappa shape index (κ2) is 10.2. The van der Waals surface area contributed by atoms with Gasteiger partial charge in [-0.3, -0.25) is 4.79 Å². The number of nitrogens with zero attached hydrogens (tertiary/aromatic N) is 2. The van der Waals surface area contributed by atoms with Gasteiger partial charge < -0.3 is 10.1 Å². The van der Waals surface area contributed by atoms with E-state index in [1.54, 1.807) is 11.6 Å². The number of para-hydroxylation sites is 1. The molecule has 1 amide bonds. The van der Waals surface area contributed by atoms with Gasteiger partial charge >= 0.3 is 0 Å². The lowest BCUT2D eigenvalue weighted by Crippen LogP contribution is -2.26. The number of rotatable bonds is 8. The number of carbonyl (C=O) groups is 1. The molecular weight excluding hydrogens is 422 g/mol. The Labute approximate surface area is 192 Å². The van der Waals surface area contributed by atoms with Gasteiger partial charge in [0, 0.05) is 6.54 Å². The van der Waals surface area contributed by atoms with E-state index in [0.29, 0.717) is 36.0 Å². The molecule has 5 nitrogen and oxygen atoms in total. The third-order valence-electron chi connectivity index (χ3n) is 5.10. The maximum Gasteiger partial charge on any atom is 0.256 e. The van der Waals surface area contributed by atoms with Crippen LogP contribution in [0, 0.1) is 6.92 Å². The van der Waals surface area contributed by atoms with Crippen molar-refractivity contribution >= 4 is 17.5 Å². The van der Waals surface area contributed by atoms with Gasteiger partial charge in [-0.15, -0.1) is 0 Å². The van der Waals surface area contributed by atoms with Crippen molar-refractivity contribution in [3.63, 3.8) is 0 Å². The Hall–Kier alpha value is -3.57. The highest BCUT2D eigenvalue weighted by atomic mass is 35.5. The molecule has 32 heavy (non-hydrogen) atoms. The zero-order chi connectivity index (χ0) is 22.3. The fourth-order valence-electron chi connectivity index (χ4n) is 3.40. The quantitative estimate of drug-likeness (QED) is 0.396. The van der Waals surface area contributed by atoms with Crippen LogP contribution >= 0.6 is 11.6 Å². The topological polar surface area (TPSA) is 56.2 Å². The first kappa shape index (κ1) is 21.7. The van der Waals surface area contributed by atoms with Gasteiger partial charge in [-0.25, -0.2) is 4.68 Å². The summed E-state index contributed by atoms with van der Waals surface area (Å²) in [6, 6.07) is 27.5. The van der Waals surface area contributed by atoms with E-state index in [2.05, 4.69) is 10.4 Å². The molecule has 6 heteroatoms. The highest BCUT2D eigenvalue weighted by Crippen LogP contribution is 2.23. The predicted molar refractivity (Wildman–Crippen MR) is 127 cm³/mol. The molecule has 1 N–H and O–H groups in total. The molecule has 0 bridgehead atoms. The minimum Gasteiger partial charge on any atom is -0.489 e. The number of amides is 1. The molecule has 4 aromatic rings. The molecule has 0 fully saturated rings. The maximum absolute atomic E-state index is 12.7. The SMILES string of the molecule is Cc1nn(-c2ccccc2)c(Cl)c1C(=O)NCCc1ccc(OCc2ccccc2)cc1. The summed E-state index contributed by atoms with van der Waals surface area (Å²) in [6.45, 7) is 2.82. The molecule has 162 valence electrons. The van der Waals surface area contributed by atoms with Gasteiger partial charge in [0.25, 0.3) is 5.91 Å². The molecule has 0 saturated heterocycles. The summed E-state index contributed by atoms with van der Waals surface area (Å²) in [7, 11) is 0. The minimum absolute atomic E-state index is 0.225. The number of aryl methyl sites for hydroxylation is 1. The Bertz CT molecular complexity index is 1170. The molecule has 1 heterocycles. The van der Waals surface area contributed by atoms with Crippen LogP contribution in [-0.4, -0.2) is 22.2 Å². The Balaban J connectivity index is 1.31. The molecule has 0 spiro atoms. The van der Waals surface area contributed by atoms with Gasteiger partial charge in [-0.2, -0.15) is 5.10 Å². The van der Waals surface area contributed by atoms with Crippen LogP contribution in [0.1, 0.15) is 27.2 Å². The summed E-state index contributed by atoms with van der Waals surface area (Å²) in [5, 5.41) is 7.69. The van der Waals surface area contributed by atoms with Crippen molar-refractivity contribution in [1.82, 2.24) is 15.1 Å². The first-order valence-electron chi connectivity index (χ1n) is 10.5. The van der Waals surface area contributed by atoms with E-state index >= 15 is 0 Å². The van der Waals surface area contributed by atoms with Crippen molar-refractivity contribution in [2.45, 2.75) is 20.0 Å². The number of halogens is 1. The van der Waals surface area contributed by atoms with E-state index in [-0.39, 0.29) is 5.91 Å². The van der Waals surface area contributed by atoms with E-state index in [1.165, 1.54) is 0 Å². The normalized spacial score (nSPS) is 10.7. The molecule has 0 aliphatic heterocycles. The van der Waals surface area contributed by atoms with Gasteiger partial charge in [0.05, 0.1) is 16.9 Å². The molecule has 0 aliphatic rings. The van der Waals surface area contributed by atoms with E-state index in [9.17, 15) is 4.79 Å². The molecule has 1 aromatic heterocycles. The number of hydrogen-bond acceptors (Lipinski definition) is 3. The molecule has 4 rings (SSSR count). The Kier molecular flexibility index (Phi) is 6.87. The number of nitrogens with one attached hydrogen (secondary N) is 1. The van der Waals surface area contributed by atoms with Crippen LogP contribution < -0.4 is 10.1 Å². The van der Waals surface area contributed by atoms with Gasteiger partial charge in [-0.05, 0) is 48.7 Å².